The predicted octanol–water partition coefficient (Wildman–Crippen LogP) is 5.02. The Morgan fingerprint density at radius 1 is 1.00 bits per heavy atom. The van der Waals surface area contributed by atoms with Crippen molar-refractivity contribution in [1.29, 1.82) is 0 Å². The lowest BCUT2D eigenvalue weighted by molar-refractivity contribution is -0.141. The minimum absolute atomic E-state index is 0.135. The molecule has 0 saturated carbocycles. The number of amides is 1. The number of carbonyl (C=O) groups excluding carboxylic acids is 1. The van der Waals surface area contributed by atoms with Crippen LogP contribution < -0.4 is 16.4 Å². The van der Waals surface area contributed by atoms with E-state index in [0.717, 1.165) is 28.8 Å². The van der Waals surface area contributed by atoms with Gasteiger partial charge in [0, 0.05) is 24.0 Å². The molecule has 192 valence electrons. The van der Waals surface area contributed by atoms with Gasteiger partial charge in [-0.1, -0.05) is 24.3 Å². The zero-order valence-corrected chi connectivity index (χ0v) is 19.3. The Balaban J connectivity index is 1.37. The van der Waals surface area contributed by atoms with E-state index >= 15 is 0 Å². The molecule has 0 aliphatic heterocycles. The molecule has 0 saturated heterocycles. The molecular formula is C25H18F4N8O. The van der Waals surface area contributed by atoms with Crippen molar-refractivity contribution >= 4 is 34.3 Å². The second kappa shape index (κ2) is 9.76. The molecule has 0 atom stereocenters. The molecule has 0 aliphatic rings. The molecule has 5 N–H and O–H groups in total. The minimum Gasteiger partial charge on any atom is -0.383 e. The lowest BCUT2D eigenvalue weighted by Crippen LogP contribution is -2.21. The second-order valence-corrected chi connectivity index (χ2v) is 8.15. The molecule has 0 unspecified atom stereocenters. The van der Waals surface area contributed by atoms with Gasteiger partial charge in [0.25, 0.3) is 5.91 Å². The van der Waals surface area contributed by atoms with Crippen molar-refractivity contribution in [2.75, 3.05) is 16.4 Å². The van der Waals surface area contributed by atoms with E-state index in [1.165, 1.54) is 18.5 Å². The first kappa shape index (κ1) is 24.6. The number of nitrogens with one attached hydrogen (secondary N) is 3. The molecule has 5 rings (SSSR count). The number of benzene rings is 2. The summed E-state index contributed by atoms with van der Waals surface area (Å²) in [4.78, 5) is 31.3. The molecule has 0 aliphatic carbocycles. The third kappa shape index (κ3) is 5.07. The topological polar surface area (TPSA) is 134 Å². The summed E-state index contributed by atoms with van der Waals surface area (Å²) in [5, 5.41) is 5.97. The highest BCUT2D eigenvalue weighted by Crippen LogP contribution is 2.31. The van der Waals surface area contributed by atoms with Gasteiger partial charge < -0.3 is 21.4 Å². The largest absolute Gasteiger partial charge is 0.434 e. The maximum Gasteiger partial charge on any atom is 0.434 e. The number of alkyl halides is 3. The van der Waals surface area contributed by atoms with Crippen molar-refractivity contribution in [3.8, 4) is 11.1 Å². The lowest BCUT2D eigenvalue weighted by atomic mass is 10.0. The maximum absolute atomic E-state index is 13.2. The Morgan fingerprint density at radius 2 is 1.74 bits per heavy atom. The van der Waals surface area contributed by atoms with E-state index < -0.39 is 29.3 Å². The highest BCUT2D eigenvalue weighted by molar-refractivity contribution is 6.06. The first-order valence-corrected chi connectivity index (χ1v) is 11.1. The standard InChI is InChI=1S/C25H18F4N8O/c26-15-5-7-16(8-6-15)36-24(38)20-23(33-11-18(37-20)25(27,28)29)31-9-13-1-3-14(4-2-13)17-10-32-22-19(17)21(30)34-12-35-22/h1-8,10-12H,9H2,(H,31,33)(H,36,38)(H3,30,32,34,35). The number of halogens is 4. The molecule has 0 fully saturated rings. The van der Waals surface area contributed by atoms with Crippen LogP contribution in [0.5, 0.6) is 0 Å². The van der Waals surface area contributed by atoms with Crippen LogP contribution in [0.4, 0.5) is 34.9 Å². The van der Waals surface area contributed by atoms with Crippen LogP contribution in [-0.4, -0.2) is 30.8 Å². The average Bonchev–Trinajstić information content (AvgIpc) is 3.34. The zero-order valence-electron chi connectivity index (χ0n) is 19.3. The Morgan fingerprint density at radius 3 is 2.45 bits per heavy atom. The highest BCUT2D eigenvalue weighted by atomic mass is 19.4. The molecular weight excluding hydrogens is 504 g/mol. The third-order valence-corrected chi connectivity index (χ3v) is 5.60. The average molecular weight is 522 g/mol. The summed E-state index contributed by atoms with van der Waals surface area (Å²) >= 11 is 0. The lowest BCUT2D eigenvalue weighted by Gasteiger charge is -2.13. The van der Waals surface area contributed by atoms with Crippen LogP contribution in [0.3, 0.4) is 0 Å². The Bertz CT molecular complexity index is 1620. The van der Waals surface area contributed by atoms with Gasteiger partial charge in [0.05, 0.1) is 11.6 Å². The van der Waals surface area contributed by atoms with Crippen molar-refractivity contribution in [1.82, 2.24) is 24.9 Å². The van der Waals surface area contributed by atoms with E-state index in [9.17, 15) is 22.4 Å². The van der Waals surface area contributed by atoms with E-state index in [0.29, 0.717) is 23.0 Å². The van der Waals surface area contributed by atoms with Crippen molar-refractivity contribution in [2.45, 2.75) is 12.7 Å². The molecule has 13 heteroatoms. The zero-order chi connectivity index (χ0) is 26.9. The van der Waals surface area contributed by atoms with Crippen LogP contribution in [0.1, 0.15) is 21.7 Å². The van der Waals surface area contributed by atoms with Crippen molar-refractivity contribution in [3.05, 3.63) is 90.0 Å². The number of fused-ring (bicyclic) bond motifs is 1. The third-order valence-electron chi connectivity index (χ3n) is 5.60. The molecule has 2 aromatic carbocycles. The fourth-order valence-corrected chi connectivity index (χ4v) is 3.74. The van der Waals surface area contributed by atoms with E-state index in [-0.39, 0.29) is 18.1 Å². The van der Waals surface area contributed by atoms with E-state index in [4.69, 9.17) is 5.73 Å². The Labute approximate surface area is 212 Å². The fraction of sp³-hybridized carbons (Fsp3) is 0.0800. The summed E-state index contributed by atoms with van der Waals surface area (Å²) in [6.45, 7) is 0.135. The van der Waals surface area contributed by atoms with Gasteiger partial charge in [0.2, 0.25) is 0 Å². The SMILES string of the molecule is Nc1ncnc2[nH]cc(-c3ccc(CNc4ncc(C(F)(F)F)nc4C(=O)Nc4ccc(F)cc4)cc3)c12. The Kier molecular flexibility index (Phi) is 6.33. The van der Waals surface area contributed by atoms with Gasteiger partial charge in [0.15, 0.2) is 17.2 Å². The highest BCUT2D eigenvalue weighted by Gasteiger charge is 2.34. The van der Waals surface area contributed by atoms with Gasteiger partial charge >= 0.3 is 6.18 Å². The number of anilines is 3. The van der Waals surface area contributed by atoms with E-state index in [1.54, 1.807) is 18.3 Å². The molecule has 0 radical (unpaired) electrons. The quantitative estimate of drug-likeness (QED) is 0.230. The molecule has 0 bridgehead atoms. The number of rotatable bonds is 6. The molecule has 38 heavy (non-hydrogen) atoms. The van der Waals surface area contributed by atoms with Crippen LogP contribution in [0.25, 0.3) is 22.2 Å². The van der Waals surface area contributed by atoms with Crippen molar-refractivity contribution in [3.63, 3.8) is 0 Å². The maximum atomic E-state index is 13.2. The van der Waals surface area contributed by atoms with Crippen molar-refractivity contribution in [2.24, 2.45) is 0 Å². The summed E-state index contributed by atoms with van der Waals surface area (Å²) in [6, 6.07) is 12.0. The van der Waals surface area contributed by atoms with Crippen LogP contribution in [0.15, 0.2) is 67.3 Å². The molecule has 0 spiro atoms. The molecule has 9 nitrogen and oxygen atoms in total. The van der Waals surface area contributed by atoms with Crippen LogP contribution >= 0.6 is 0 Å². The van der Waals surface area contributed by atoms with Gasteiger partial charge in [-0.25, -0.2) is 24.3 Å². The summed E-state index contributed by atoms with van der Waals surface area (Å²) < 4.78 is 52.9. The smallest absolute Gasteiger partial charge is 0.383 e. The number of aromatic amines is 1. The Hall–Kier alpha value is -5.07. The number of nitrogens with zero attached hydrogens (tertiary/aromatic N) is 4. The number of hydrogen-bond acceptors (Lipinski definition) is 7. The molecule has 3 heterocycles. The van der Waals surface area contributed by atoms with Crippen LogP contribution in [-0.2, 0) is 12.7 Å². The molecule has 3 aromatic heterocycles. The van der Waals surface area contributed by atoms with Crippen LogP contribution in [0, 0.1) is 5.82 Å². The van der Waals surface area contributed by atoms with Gasteiger partial charge in [-0.2, -0.15) is 13.2 Å². The van der Waals surface area contributed by atoms with Gasteiger partial charge in [0.1, 0.15) is 23.6 Å². The summed E-state index contributed by atoms with van der Waals surface area (Å²) in [5.41, 5.74) is 7.31. The summed E-state index contributed by atoms with van der Waals surface area (Å²) in [6.07, 6.45) is -1.12. The number of hydrogen-bond donors (Lipinski definition) is 4. The van der Waals surface area contributed by atoms with E-state index in [1.807, 2.05) is 12.1 Å². The summed E-state index contributed by atoms with van der Waals surface area (Å²) in [7, 11) is 0. The first-order valence-electron chi connectivity index (χ1n) is 11.1. The summed E-state index contributed by atoms with van der Waals surface area (Å²) in [5.74, 6) is -1.28. The predicted molar refractivity (Wildman–Crippen MR) is 132 cm³/mol. The number of carbonyl (C=O) groups is 1. The van der Waals surface area contributed by atoms with E-state index in [2.05, 4.69) is 35.6 Å². The monoisotopic (exact) mass is 522 g/mol. The van der Waals surface area contributed by atoms with Gasteiger partial charge in [-0.15, -0.1) is 0 Å². The van der Waals surface area contributed by atoms with Gasteiger partial charge in [-0.3, -0.25) is 4.79 Å². The number of nitrogens with two attached hydrogens (primary N) is 1. The fourth-order valence-electron chi connectivity index (χ4n) is 3.74. The molecule has 1 amide bonds. The first-order chi connectivity index (χ1) is 18.2. The normalized spacial score (nSPS) is 11.5. The van der Waals surface area contributed by atoms with Crippen LogP contribution in [0.2, 0.25) is 0 Å². The molecule has 5 aromatic rings. The van der Waals surface area contributed by atoms with Crippen molar-refractivity contribution < 1.29 is 22.4 Å². The minimum atomic E-state index is -4.80. The number of H-pyrrole nitrogens is 1. The van der Waals surface area contributed by atoms with Gasteiger partial charge in [-0.05, 0) is 35.4 Å². The second-order valence-electron chi connectivity index (χ2n) is 8.15. The number of aromatic nitrogens is 5. The number of nitrogen functional groups attached to an aromatic ring is 1.